The highest BCUT2D eigenvalue weighted by molar-refractivity contribution is 7.14. The van der Waals surface area contributed by atoms with Crippen LogP contribution in [0.25, 0.3) is 11.4 Å². The van der Waals surface area contributed by atoms with Gasteiger partial charge in [0.15, 0.2) is 0 Å². The van der Waals surface area contributed by atoms with E-state index in [9.17, 15) is 14.7 Å². The topological polar surface area (TPSA) is 92.6 Å². The number of thiazole rings is 1. The number of hydrogen-bond donors (Lipinski definition) is 1. The van der Waals surface area contributed by atoms with Crippen LogP contribution in [0.4, 0.5) is 14.7 Å². The summed E-state index contributed by atoms with van der Waals surface area (Å²) in [7, 11) is 0. The van der Waals surface area contributed by atoms with Crippen molar-refractivity contribution in [3.05, 3.63) is 29.3 Å². The minimum Gasteiger partial charge on any atom is -0.464 e. The van der Waals surface area contributed by atoms with Crippen molar-refractivity contribution >= 4 is 28.7 Å². The van der Waals surface area contributed by atoms with Gasteiger partial charge in [-0.3, -0.25) is 4.98 Å². The van der Waals surface area contributed by atoms with E-state index in [4.69, 9.17) is 4.74 Å². The van der Waals surface area contributed by atoms with E-state index in [1.165, 1.54) is 0 Å². The highest BCUT2D eigenvalue weighted by atomic mass is 32.1. The SMILES string of the molecule is Cc1cccc(-c2csc(N(C(=O)O)C(=O)OC(C)(C)C)n2)n1. The Hall–Kier alpha value is -2.48. The van der Waals surface area contributed by atoms with Crippen molar-refractivity contribution in [2.75, 3.05) is 4.90 Å². The molecule has 1 N–H and O–H groups in total. The highest BCUT2D eigenvalue weighted by Crippen LogP contribution is 2.28. The van der Waals surface area contributed by atoms with Crippen LogP contribution in [0, 0.1) is 6.92 Å². The lowest BCUT2D eigenvalue weighted by Crippen LogP contribution is -2.40. The number of aryl methyl sites for hydroxylation is 1. The second-order valence-corrected chi connectivity index (χ2v) is 6.61. The maximum absolute atomic E-state index is 12.1. The number of carbonyl (C=O) groups is 2. The average molecular weight is 335 g/mol. The number of pyridine rings is 1. The van der Waals surface area contributed by atoms with Crippen LogP contribution >= 0.6 is 11.3 Å². The number of imide groups is 1. The molecule has 0 fully saturated rings. The maximum atomic E-state index is 12.1. The third-order valence-electron chi connectivity index (χ3n) is 2.60. The van der Waals surface area contributed by atoms with E-state index in [-0.39, 0.29) is 5.13 Å². The molecule has 2 aromatic rings. The molecule has 0 bridgehead atoms. The summed E-state index contributed by atoms with van der Waals surface area (Å²) in [4.78, 5) is 32.5. The lowest BCUT2D eigenvalue weighted by atomic mass is 10.2. The standard InChI is InChI=1S/C15H17N3O4S/c1-9-6-5-7-10(16-9)11-8-23-12(17-11)18(13(19)20)14(21)22-15(2,3)4/h5-8H,1-4H3,(H,19,20). The molecule has 0 atom stereocenters. The first-order chi connectivity index (χ1) is 10.7. The summed E-state index contributed by atoms with van der Waals surface area (Å²) >= 11 is 1.03. The fourth-order valence-corrected chi connectivity index (χ4v) is 2.52. The number of nitrogens with zero attached hydrogens (tertiary/aromatic N) is 3. The molecule has 0 unspecified atom stereocenters. The number of rotatable bonds is 2. The van der Waals surface area contributed by atoms with Crippen LogP contribution in [-0.2, 0) is 4.74 Å². The maximum Gasteiger partial charge on any atom is 0.426 e. The number of ether oxygens (including phenoxy) is 1. The van der Waals surface area contributed by atoms with E-state index >= 15 is 0 Å². The normalized spacial score (nSPS) is 11.1. The summed E-state index contributed by atoms with van der Waals surface area (Å²) in [5, 5.41) is 11.0. The molecule has 0 aromatic carbocycles. The van der Waals surface area contributed by atoms with Gasteiger partial charge in [-0.2, -0.15) is 4.90 Å². The van der Waals surface area contributed by atoms with E-state index in [1.807, 2.05) is 19.1 Å². The largest absolute Gasteiger partial charge is 0.464 e. The molecular weight excluding hydrogens is 318 g/mol. The van der Waals surface area contributed by atoms with Gasteiger partial charge in [-0.1, -0.05) is 6.07 Å². The van der Waals surface area contributed by atoms with E-state index in [0.29, 0.717) is 16.3 Å². The van der Waals surface area contributed by atoms with Crippen LogP contribution in [0.15, 0.2) is 23.6 Å². The predicted molar refractivity (Wildman–Crippen MR) is 86.8 cm³/mol. The van der Waals surface area contributed by atoms with Crippen molar-refractivity contribution < 1.29 is 19.4 Å². The van der Waals surface area contributed by atoms with Gasteiger partial charge in [0.25, 0.3) is 0 Å². The Morgan fingerprint density at radius 2 is 1.91 bits per heavy atom. The minimum atomic E-state index is -1.45. The number of anilines is 1. The van der Waals surface area contributed by atoms with Crippen LogP contribution in [0.1, 0.15) is 26.5 Å². The molecule has 0 aliphatic heterocycles. The molecule has 122 valence electrons. The molecule has 0 spiro atoms. The molecule has 0 saturated heterocycles. The molecular formula is C15H17N3O4S. The Labute approximate surface area is 137 Å². The zero-order valence-corrected chi connectivity index (χ0v) is 14.0. The Bertz CT molecular complexity index is 736. The van der Waals surface area contributed by atoms with E-state index < -0.39 is 17.8 Å². The number of carboxylic acid groups (broad SMARTS) is 1. The fourth-order valence-electron chi connectivity index (χ4n) is 1.72. The molecule has 23 heavy (non-hydrogen) atoms. The Morgan fingerprint density at radius 1 is 1.22 bits per heavy atom. The van der Waals surface area contributed by atoms with Crippen LogP contribution in [0.5, 0.6) is 0 Å². The first-order valence-electron chi connectivity index (χ1n) is 6.83. The average Bonchev–Trinajstić information content (AvgIpc) is 2.85. The molecule has 2 rings (SSSR count). The van der Waals surface area contributed by atoms with Crippen molar-refractivity contribution in [2.45, 2.75) is 33.3 Å². The molecule has 8 heteroatoms. The van der Waals surface area contributed by atoms with Gasteiger partial charge < -0.3 is 9.84 Å². The smallest absolute Gasteiger partial charge is 0.426 e. The summed E-state index contributed by atoms with van der Waals surface area (Å²) in [6.07, 6.45) is -2.43. The highest BCUT2D eigenvalue weighted by Gasteiger charge is 2.31. The summed E-state index contributed by atoms with van der Waals surface area (Å²) in [6, 6.07) is 5.45. The van der Waals surface area contributed by atoms with Crippen molar-refractivity contribution in [1.82, 2.24) is 9.97 Å². The predicted octanol–water partition coefficient (Wildman–Crippen LogP) is 3.93. The second-order valence-electron chi connectivity index (χ2n) is 5.78. The van der Waals surface area contributed by atoms with Gasteiger partial charge in [-0.25, -0.2) is 14.6 Å². The van der Waals surface area contributed by atoms with Crippen molar-refractivity contribution in [1.29, 1.82) is 0 Å². The third-order valence-corrected chi connectivity index (χ3v) is 3.43. The van der Waals surface area contributed by atoms with Crippen LogP contribution in [0.2, 0.25) is 0 Å². The molecule has 2 aromatic heterocycles. The van der Waals surface area contributed by atoms with Gasteiger partial charge >= 0.3 is 12.2 Å². The fraction of sp³-hybridized carbons (Fsp3) is 0.333. The zero-order chi connectivity index (χ0) is 17.2. The van der Waals surface area contributed by atoms with Gasteiger partial charge in [0, 0.05) is 11.1 Å². The lowest BCUT2D eigenvalue weighted by Gasteiger charge is -2.22. The quantitative estimate of drug-likeness (QED) is 0.893. The monoisotopic (exact) mass is 335 g/mol. The number of aromatic nitrogens is 2. The number of hydrogen-bond acceptors (Lipinski definition) is 6. The first-order valence-corrected chi connectivity index (χ1v) is 7.71. The third kappa shape index (κ3) is 4.26. The summed E-state index contributed by atoms with van der Waals surface area (Å²) < 4.78 is 5.11. The lowest BCUT2D eigenvalue weighted by molar-refractivity contribution is 0.0582. The summed E-state index contributed by atoms with van der Waals surface area (Å²) in [5.74, 6) is 0. The van der Waals surface area contributed by atoms with Gasteiger partial charge in [-0.15, -0.1) is 11.3 Å². The molecule has 2 heterocycles. The Kier molecular flexibility index (Phi) is 4.65. The summed E-state index contributed by atoms with van der Waals surface area (Å²) in [5.41, 5.74) is 1.13. The summed E-state index contributed by atoms with van der Waals surface area (Å²) in [6.45, 7) is 6.83. The van der Waals surface area contributed by atoms with Crippen LogP contribution in [0.3, 0.4) is 0 Å². The first kappa shape index (κ1) is 16.9. The molecule has 7 nitrogen and oxygen atoms in total. The molecule has 0 aliphatic rings. The van der Waals surface area contributed by atoms with Crippen molar-refractivity contribution in [3.8, 4) is 11.4 Å². The van der Waals surface area contributed by atoms with Crippen LogP contribution in [-0.4, -0.2) is 32.9 Å². The Balaban J connectivity index is 2.32. The van der Waals surface area contributed by atoms with Gasteiger partial charge in [0.2, 0.25) is 5.13 Å². The van der Waals surface area contributed by atoms with Gasteiger partial charge in [-0.05, 0) is 39.8 Å². The number of amides is 2. The van der Waals surface area contributed by atoms with Crippen LogP contribution < -0.4 is 4.90 Å². The minimum absolute atomic E-state index is 0.0186. The van der Waals surface area contributed by atoms with E-state index in [0.717, 1.165) is 17.0 Å². The molecule has 2 amide bonds. The van der Waals surface area contributed by atoms with Crippen molar-refractivity contribution in [2.24, 2.45) is 0 Å². The van der Waals surface area contributed by atoms with Gasteiger partial charge in [0.1, 0.15) is 11.3 Å². The van der Waals surface area contributed by atoms with E-state index in [1.54, 1.807) is 32.2 Å². The van der Waals surface area contributed by atoms with E-state index in [2.05, 4.69) is 9.97 Å². The molecule has 0 aliphatic carbocycles. The number of carbonyl (C=O) groups excluding carboxylic acids is 1. The second kappa shape index (κ2) is 6.33. The molecule has 0 radical (unpaired) electrons. The van der Waals surface area contributed by atoms with Crippen molar-refractivity contribution in [3.63, 3.8) is 0 Å². The zero-order valence-electron chi connectivity index (χ0n) is 13.2. The van der Waals surface area contributed by atoms with Gasteiger partial charge in [0.05, 0.1) is 5.69 Å². The Morgan fingerprint density at radius 3 is 2.48 bits per heavy atom. The molecule has 0 saturated carbocycles.